The van der Waals surface area contributed by atoms with Crippen LogP contribution in [0.4, 0.5) is 0 Å². The first-order chi connectivity index (χ1) is 15.4. The summed E-state index contributed by atoms with van der Waals surface area (Å²) in [6.07, 6.45) is 1.96. The Morgan fingerprint density at radius 3 is 2.75 bits per heavy atom. The van der Waals surface area contributed by atoms with E-state index in [2.05, 4.69) is 15.3 Å². The number of rotatable bonds is 6. The fourth-order valence-corrected chi connectivity index (χ4v) is 4.58. The molecular formula is C21H22ClN5O4S. The van der Waals surface area contributed by atoms with Gasteiger partial charge >= 0.3 is 5.69 Å². The van der Waals surface area contributed by atoms with Gasteiger partial charge in [-0.05, 0) is 25.0 Å². The standard InChI is InChI=1S/C21H22ClN5O4S/c1-26-18-16(20(29)27(2)21(26)30)19(25-17(24-18)13-7-3-4-8-14(13)22)32-11-15(28)23-10-12-6-5-9-31-12/h3-4,7-8,12H,5-6,9-11H2,1-2H3,(H,23,28)/t12-/m1/s1. The average Bonchev–Trinajstić information content (AvgIpc) is 3.32. The van der Waals surface area contributed by atoms with Gasteiger partial charge in [-0.25, -0.2) is 14.8 Å². The number of hydrogen-bond donors (Lipinski definition) is 1. The zero-order valence-electron chi connectivity index (χ0n) is 17.6. The molecule has 1 atom stereocenters. The Labute approximate surface area is 192 Å². The molecule has 3 heterocycles. The summed E-state index contributed by atoms with van der Waals surface area (Å²) in [5.74, 6) is 0.124. The maximum absolute atomic E-state index is 12.9. The van der Waals surface area contributed by atoms with Crippen LogP contribution in [-0.4, -0.2) is 50.0 Å². The largest absolute Gasteiger partial charge is 0.376 e. The van der Waals surface area contributed by atoms with E-state index in [9.17, 15) is 14.4 Å². The fraction of sp³-hybridized carbons (Fsp3) is 0.381. The number of hydrogen-bond acceptors (Lipinski definition) is 7. The summed E-state index contributed by atoms with van der Waals surface area (Å²) in [6.45, 7) is 1.17. The van der Waals surface area contributed by atoms with Gasteiger partial charge < -0.3 is 10.1 Å². The van der Waals surface area contributed by atoms with Crippen molar-refractivity contribution in [2.24, 2.45) is 14.1 Å². The van der Waals surface area contributed by atoms with Gasteiger partial charge in [-0.1, -0.05) is 35.5 Å². The van der Waals surface area contributed by atoms with Crippen molar-refractivity contribution in [1.82, 2.24) is 24.4 Å². The third-order valence-corrected chi connectivity index (χ3v) is 6.58. The average molecular weight is 476 g/mol. The van der Waals surface area contributed by atoms with Crippen molar-refractivity contribution < 1.29 is 9.53 Å². The Hall–Kier alpha value is -2.69. The van der Waals surface area contributed by atoms with E-state index in [1.807, 2.05) is 0 Å². The Kier molecular flexibility index (Phi) is 6.63. The lowest BCUT2D eigenvalue weighted by atomic mass is 10.2. The summed E-state index contributed by atoms with van der Waals surface area (Å²) < 4.78 is 7.82. The van der Waals surface area contributed by atoms with E-state index < -0.39 is 11.2 Å². The third kappa shape index (κ3) is 4.43. The smallest absolute Gasteiger partial charge is 0.332 e. The molecule has 32 heavy (non-hydrogen) atoms. The number of halogens is 1. The minimum atomic E-state index is -0.518. The van der Waals surface area contributed by atoms with Crippen molar-refractivity contribution in [3.8, 4) is 11.4 Å². The van der Waals surface area contributed by atoms with Crippen molar-refractivity contribution in [1.29, 1.82) is 0 Å². The molecule has 0 unspecified atom stereocenters. The summed E-state index contributed by atoms with van der Waals surface area (Å²) >= 11 is 7.44. The predicted molar refractivity (Wildman–Crippen MR) is 123 cm³/mol. The van der Waals surface area contributed by atoms with Crippen molar-refractivity contribution >= 4 is 40.3 Å². The number of ether oxygens (including phenoxy) is 1. The Morgan fingerprint density at radius 2 is 2.03 bits per heavy atom. The van der Waals surface area contributed by atoms with Gasteiger partial charge in [0.15, 0.2) is 11.5 Å². The molecule has 3 aromatic rings. The second-order valence-corrected chi connectivity index (χ2v) is 8.84. The lowest BCUT2D eigenvalue weighted by molar-refractivity contribution is -0.119. The summed E-state index contributed by atoms with van der Waals surface area (Å²) in [6, 6.07) is 7.04. The Morgan fingerprint density at radius 1 is 1.25 bits per heavy atom. The van der Waals surface area contributed by atoms with Crippen molar-refractivity contribution in [2.45, 2.75) is 24.0 Å². The molecule has 1 aliphatic heterocycles. The molecule has 0 saturated carbocycles. The number of amides is 1. The van der Waals surface area contributed by atoms with Crippen LogP contribution < -0.4 is 16.6 Å². The van der Waals surface area contributed by atoms with Crippen LogP contribution in [0.2, 0.25) is 5.02 Å². The van der Waals surface area contributed by atoms with Gasteiger partial charge in [0.25, 0.3) is 5.56 Å². The molecule has 9 nitrogen and oxygen atoms in total. The highest BCUT2D eigenvalue weighted by Gasteiger charge is 2.20. The van der Waals surface area contributed by atoms with Gasteiger partial charge in [0.1, 0.15) is 10.4 Å². The molecule has 1 N–H and O–H groups in total. The van der Waals surface area contributed by atoms with E-state index in [0.29, 0.717) is 22.2 Å². The summed E-state index contributed by atoms with van der Waals surface area (Å²) in [7, 11) is 2.94. The quantitative estimate of drug-likeness (QED) is 0.427. The molecule has 168 valence electrons. The van der Waals surface area contributed by atoms with Crippen LogP contribution >= 0.6 is 23.4 Å². The van der Waals surface area contributed by atoms with Crippen LogP contribution in [0.5, 0.6) is 0 Å². The fourth-order valence-electron chi connectivity index (χ4n) is 3.51. The van der Waals surface area contributed by atoms with Gasteiger partial charge in [0, 0.05) is 32.8 Å². The van der Waals surface area contributed by atoms with Gasteiger partial charge in [-0.15, -0.1) is 0 Å². The van der Waals surface area contributed by atoms with Crippen molar-refractivity contribution in [3.63, 3.8) is 0 Å². The van der Waals surface area contributed by atoms with Crippen LogP contribution in [0.15, 0.2) is 38.9 Å². The van der Waals surface area contributed by atoms with Crippen LogP contribution in [-0.2, 0) is 23.6 Å². The van der Waals surface area contributed by atoms with Crippen LogP contribution in [0, 0.1) is 0 Å². The summed E-state index contributed by atoms with van der Waals surface area (Å²) in [5.41, 5.74) is -0.271. The Bertz CT molecular complexity index is 1300. The number of nitrogens with zero attached hydrogens (tertiary/aromatic N) is 4. The molecule has 1 aromatic carbocycles. The second kappa shape index (κ2) is 9.43. The van der Waals surface area contributed by atoms with Gasteiger partial charge in [0.05, 0.1) is 16.9 Å². The monoisotopic (exact) mass is 475 g/mol. The number of aromatic nitrogens is 4. The predicted octanol–water partition coefficient (Wildman–Crippen LogP) is 1.73. The molecule has 2 aromatic heterocycles. The molecule has 1 saturated heterocycles. The highest BCUT2D eigenvalue weighted by Crippen LogP contribution is 2.29. The topological polar surface area (TPSA) is 108 Å². The summed E-state index contributed by atoms with van der Waals surface area (Å²) in [4.78, 5) is 46.8. The molecule has 0 aliphatic carbocycles. The molecule has 0 spiro atoms. The number of thioether (sulfide) groups is 1. The van der Waals surface area contributed by atoms with E-state index in [4.69, 9.17) is 16.3 Å². The van der Waals surface area contributed by atoms with Gasteiger partial charge in [-0.2, -0.15) is 0 Å². The molecule has 1 aliphatic rings. The number of fused-ring (bicyclic) bond motifs is 1. The normalized spacial score (nSPS) is 15.9. The first-order valence-corrected chi connectivity index (χ1v) is 11.5. The lowest BCUT2D eigenvalue weighted by Crippen LogP contribution is -2.38. The highest BCUT2D eigenvalue weighted by molar-refractivity contribution is 8.00. The van der Waals surface area contributed by atoms with E-state index >= 15 is 0 Å². The number of benzene rings is 1. The van der Waals surface area contributed by atoms with Crippen molar-refractivity contribution in [3.05, 3.63) is 50.1 Å². The maximum atomic E-state index is 12.9. The minimum Gasteiger partial charge on any atom is -0.376 e. The second-order valence-electron chi connectivity index (χ2n) is 7.46. The SMILES string of the molecule is Cn1c(=O)c2c(SCC(=O)NC[C@H]3CCCO3)nc(-c3ccccc3Cl)nc2n(C)c1=O. The molecule has 0 bridgehead atoms. The van der Waals surface area contributed by atoms with E-state index in [1.165, 1.54) is 18.7 Å². The van der Waals surface area contributed by atoms with E-state index in [0.717, 1.165) is 35.8 Å². The zero-order valence-corrected chi connectivity index (χ0v) is 19.2. The van der Waals surface area contributed by atoms with E-state index in [-0.39, 0.29) is 34.6 Å². The number of carbonyl (C=O) groups is 1. The molecule has 1 amide bonds. The van der Waals surface area contributed by atoms with Crippen LogP contribution in [0.3, 0.4) is 0 Å². The molecule has 11 heteroatoms. The lowest BCUT2D eigenvalue weighted by Gasteiger charge is -2.13. The van der Waals surface area contributed by atoms with Gasteiger partial charge in [-0.3, -0.25) is 18.7 Å². The summed E-state index contributed by atoms with van der Waals surface area (Å²) in [5, 5.41) is 3.79. The van der Waals surface area contributed by atoms with Crippen LogP contribution in [0.1, 0.15) is 12.8 Å². The van der Waals surface area contributed by atoms with Crippen LogP contribution in [0.25, 0.3) is 22.4 Å². The zero-order chi connectivity index (χ0) is 22.8. The first-order valence-electron chi connectivity index (χ1n) is 10.1. The highest BCUT2D eigenvalue weighted by atomic mass is 35.5. The van der Waals surface area contributed by atoms with E-state index in [1.54, 1.807) is 24.3 Å². The van der Waals surface area contributed by atoms with Crippen molar-refractivity contribution in [2.75, 3.05) is 18.9 Å². The number of carbonyl (C=O) groups excluding carboxylic acids is 1. The molecule has 1 fully saturated rings. The molecule has 4 rings (SSSR count). The maximum Gasteiger partial charge on any atom is 0.332 e. The molecular weight excluding hydrogens is 454 g/mol. The number of aryl methyl sites for hydroxylation is 1. The third-order valence-electron chi connectivity index (χ3n) is 5.27. The van der Waals surface area contributed by atoms with Gasteiger partial charge in [0.2, 0.25) is 5.91 Å². The Balaban J connectivity index is 1.72. The molecule has 0 radical (unpaired) electrons. The number of nitrogens with one attached hydrogen (secondary N) is 1. The minimum absolute atomic E-state index is 0.0393. The first kappa shape index (κ1) is 22.5.